The van der Waals surface area contributed by atoms with E-state index in [4.69, 9.17) is 0 Å². The molecule has 8 heteroatoms. The monoisotopic (exact) mass is 373 g/mol. The Morgan fingerprint density at radius 1 is 1.19 bits per heavy atom. The fourth-order valence-electron chi connectivity index (χ4n) is 3.05. The molecule has 2 rings (SSSR count). The van der Waals surface area contributed by atoms with Gasteiger partial charge in [-0.2, -0.15) is 5.10 Å². The lowest BCUT2D eigenvalue weighted by Crippen LogP contribution is -2.34. The average molecular weight is 373 g/mol. The van der Waals surface area contributed by atoms with Gasteiger partial charge in [0.15, 0.2) is 0 Å². The minimum absolute atomic E-state index is 0.133. The van der Waals surface area contributed by atoms with Crippen molar-refractivity contribution in [3.63, 3.8) is 0 Å². The average Bonchev–Trinajstić information content (AvgIpc) is 2.85. The lowest BCUT2D eigenvalue weighted by atomic mass is 10.0. The van der Waals surface area contributed by atoms with Crippen LogP contribution in [0, 0.1) is 33.6 Å². The van der Waals surface area contributed by atoms with E-state index in [-0.39, 0.29) is 18.9 Å². The second-order valence-electron chi connectivity index (χ2n) is 6.82. The Kier molecular flexibility index (Phi) is 6.65. The van der Waals surface area contributed by atoms with Crippen LogP contribution in [0.5, 0.6) is 0 Å². The maximum atomic E-state index is 12.3. The number of aryl methyl sites for hydroxylation is 3. The van der Waals surface area contributed by atoms with Crippen LogP contribution in [0.25, 0.3) is 5.95 Å². The minimum Gasteiger partial charge on any atom is -0.481 e. The zero-order valence-corrected chi connectivity index (χ0v) is 16.5. The van der Waals surface area contributed by atoms with E-state index in [1.54, 1.807) is 4.68 Å². The number of amides is 1. The molecule has 0 bridgehead atoms. The second-order valence-corrected chi connectivity index (χ2v) is 6.82. The first-order valence-corrected chi connectivity index (χ1v) is 9.10. The van der Waals surface area contributed by atoms with Crippen molar-refractivity contribution >= 4 is 11.9 Å². The van der Waals surface area contributed by atoms with Gasteiger partial charge >= 0.3 is 5.97 Å². The number of hydrogen-bond acceptors (Lipinski definition) is 5. The predicted octanol–water partition coefficient (Wildman–Crippen LogP) is 2.06. The smallest absolute Gasteiger partial charge is 0.308 e. The van der Waals surface area contributed by atoms with Crippen molar-refractivity contribution in [3.05, 3.63) is 34.4 Å². The Morgan fingerprint density at radius 3 is 2.37 bits per heavy atom. The van der Waals surface area contributed by atoms with Crippen LogP contribution in [-0.4, -0.2) is 43.3 Å². The number of aromatic nitrogens is 4. The summed E-state index contributed by atoms with van der Waals surface area (Å²) in [5, 5.41) is 16.4. The van der Waals surface area contributed by atoms with Gasteiger partial charge in [-0.05, 0) is 40.2 Å². The van der Waals surface area contributed by atoms with Crippen LogP contribution < -0.4 is 5.32 Å². The molecule has 0 saturated heterocycles. The second kappa shape index (κ2) is 8.75. The van der Waals surface area contributed by atoms with Crippen LogP contribution in [-0.2, 0) is 16.0 Å². The number of carboxylic acid groups (broad SMARTS) is 1. The van der Waals surface area contributed by atoms with Gasteiger partial charge in [0.25, 0.3) is 5.95 Å². The van der Waals surface area contributed by atoms with Crippen LogP contribution in [0.2, 0.25) is 0 Å². The summed E-state index contributed by atoms with van der Waals surface area (Å²) in [5.41, 5.74) is 4.03. The molecule has 1 unspecified atom stereocenters. The topological polar surface area (TPSA) is 110 Å². The number of hydrogen-bond donors (Lipinski definition) is 2. The Hall–Kier alpha value is -2.77. The van der Waals surface area contributed by atoms with Gasteiger partial charge in [0, 0.05) is 29.2 Å². The number of rotatable bonds is 8. The van der Waals surface area contributed by atoms with Crippen molar-refractivity contribution < 1.29 is 14.7 Å². The Labute approximate surface area is 159 Å². The van der Waals surface area contributed by atoms with Gasteiger partial charge in [0.2, 0.25) is 5.91 Å². The molecular formula is C19H27N5O3. The highest BCUT2D eigenvalue weighted by Gasteiger charge is 2.20. The van der Waals surface area contributed by atoms with Crippen molar-refractivity contribution in [2.75, 3.05) is 6.54 Å². The molecule has 1 atom stereocenters. The summed E-state index contributed by atoms with van der Waals surface area (Å²) in [5.74, 6) is -1.19. The highest BCUT2D eigenvalue weighted by molar-refractivity contribution is 5.80. The van der Waals surface area contributed by atoms with Crippen LogP contribution >= 0.6 is 0 Å². The third-order valence-electron chi connectivity index (χ3n) is 4.47. The lowest BCUT2D eigenvalue weighted by molar-refractivity contribution is -0.141. The van der Waals surface area contributed by atoms with E-state index in [1.165, 1.54) is 0 Å². The summed E-state index contributed by atoms with van der Waals surface area (Å²) in [6.45, 7) is 9.57. The highest BCUT2D eigenvalue weighted by Crippen LogP contribution is 2.17. The number of carbonyl (C=O) groups excluding carboxylic acids is 1. The Morgan fingerprint density at radius 2 is 1.81 bits per heavy atom. The summed E-state index contributed by atoms with van der Waals surface area (Å²) in [6.07, 6.45) is 1.43. The van der Waals surface area contributed by atoms with Gasteiger partial charge in [0.05, 0.1) is 18.0 Å². The van der Waals surface area contributed by atoms with E-state index in [0.717, 1.165) is 34.8 Å². The highest BCUT2D eigenvalue weighted by atomic mass is 16.4. The quantitative estimate of drug-likeness (QED) is 0.733. The first kappa shape index (κ1) is 20.5. The molecule has 0 aliphatic heterocycles. The first-order chi connectivity index (χ1) is 12.7. The fraction of sp³-hybridized carbons (Fsp3) is 0.526. The van der Waals surface area contributed by atoms with Gasteiger partial charge in [-0.25, -0.2) is 14.6 Å². The number of carboxylic acids is 1. The zero-order valence-electron chi connectivity index (χ0n) is 16.5. The SMILES string of the molecule is CCCC(CNC(=O)Cc1c(C)nn(-c2nc(C)cc(C)n2)c1C)C(=O)O. The summed E-state index contributed by atoms with van der Waals surface area (Å²) < 4.78 is 1.65. The molecule has 0 aromatic carbocycles. The molecule has 0 aliphatic rings. The van der Waals surface area contributed by atoms with Gasteiger partial charge < -0.3 is 10.4 Å². The molecule has 146 valence electrons. The first-order valence-electron chi connectivity index (χ1n) is 9.10. The number of nitrogens with zero attached hydrogens (tertiary/aromatic N) is 4. The molecule has 2 aromatic rings. The van der Waals surface area contributed by atoms with E-state index >= 15 is 0 Å². The number of carbonyl (C=O) groups is 2. The minimum atomic E-state index is -0.885. The molecule has 1 amide bonds. The van der Waals surface area contributed by atoms with Gasteiger partial charge in [0.1, 0.15) is 0 Å². The van der Waals surface area contributed by atoms with Crippen LogP contribution in [0.4, 0.5) is 0 Å². The molecule has 2 aromatic heterocycles. The molecule has 27 heavy (non-hydrogen) atoms. The van der Waals surface area contributed by atoms with E-state index in [2.05, 4.69) is 20.4 Å². The maximum absolute atomic E-state index is 12.3. The lowest BCUT2D eigenvalue weighted by Gasteiger charge is -2.12. The third-order valence-corrected chi connectivity index (χ3v) is 4.47. The van der Waals surface area contributed by atoms with Crippen LogP contribution in [0.1, 0.15) is 48.1 Å². The normalized spacial score (nSPS) is 12.0. The molecule has 0 radical (unpaired) electrons. The summed E-state index contributed by atoms with van der Waals surface area (Å²) in [6, 6.07) is 1.89. The van der Waals surface area contributed by atoms with Crippen molar-refractivity contribution in [2.45, 2.75) is 53.9 Å². The third kappa shape index (κ3) is 5.12. The molecule has 2 heterocycles. The largest absolute Gasteiger partial charge is 0.481 e. The van der Waals surface area contributed by atoms with E-state index in [9.17, 15) is 14.7 Å². The fourth-order valence-corrected chi connectivity index (χ4v) is 3.05. The van der Waals surface area contributed by atoms with Gasteiger partial charge in [-0.15, -0.1) is 0 Å². The molecular weight excluding hydrogens is 346 g/mol. The van der Waals surface area contributed by atoms with E-state index < -0.39 is 11.9 Å². The van der Waals surface area contributed by atoms with E-state index in [1.807, 2.05) is 40.7 Å². The summed E-state index contributed by atoms with van der Waals surface area (Å²) in [4.78, 5) is 32.4. The molecule has 0 saturated carbocycles. The van der Waals surface area contributed by atoms with Gasteiger partial charge in [-0.3, -0.25) is 9.59 Å². The zero-order chi connectivity index (χ0) is 20.1. The summed E-state index contributed by atoms with van der Waals surface area (Å²) in [7, 11) is 0. The molecule has 0 spiro atoms. The van der Waals surface area contributed by atoms with Gasteiger partial charge in [-0.1, -0.05) is 13.3 Å². The molecule has 2 N–H and O–H groups in total. The number of nitrogens with one attached hydrogen (secondary N) is 1. The molecule has 0 aliphatic carbocycles. The van der Waals surface area contributed by atoms with Crippen molar-refractivity contribution in [3.8, 4) is 5.95 Å². The summed E-state index contributed by atoms with van der Waals surface area (Å²) >= 11 is 0. The molecule has 8 nitrogen and oxygen atoms in total. The van der Waals surface area contributed by atoms with E-state index in [0.29, 0.717) is 12.4 Å². The maximum Gasteiger partial charge on any atom is 0.308 e. The van der Waals surface area contributed by atoms with Crippen LogP contribution in [0.3, 0.4) is 0 Å². The standard InChI is InChI=1S/C19H27N5O3/c1-6-7-15(18(26)27)10-20-17(25)9-16-13(4)23-24(14(16)5)19-21-11(2)8-12(3)22-19/h8,15H,6-7,9-10H2,1-5H3,(H,20,25)(H,26,27). The van der Waals surface area contributed by atoms with Crippen molar-refractivity contribution in [1.29, 1.82) is 0 Å². The predicted molar refractivity (Wildman–Crippen MR) is 101 cm³/mol. The Balaban J connectivity index is 2.14. The molecule has 0 fully saturated rings. The van der Waals surface area contributed by atoms with Crippen LogP contribution in [0.15, 0.2) is 6.07 Å². The van der Waals surface area contributed by atoms with Crippen molar-refractivity contribution in [1.82, 2.24) is 25.1 Å². The number of aliphatic carboxylic acids is 1. The Bertz CT molecular complexity index is 824. The van der Waals surface area contributed by atoms with Crippen molar-refractivity contribution in [2.24, 2.45) is 5.92 Å².